The minimum absolute atomic E-state index is 0.0766. The number of nitrogens with one attached hydrogen (secondary N) is 2. The van der Waals surface area contributed by atoms with Gasteiger partial charge in [0, 0.05) is 19.8 Å². The predicted molar refractivity (Wildman–Crippen MR) is 68.2 cm³/mol. The Kier molecular flexibility index (Phi) is 5.32. The van der Waals surface area contributed by atoms with E-state index in [2.05, 4.69) is 14.7 Å². The first-order chi connectivity index (χ1) is 9.18. The van der Waals surface area contributed by atoms with E-state index in [-0.39, 0.29) is 11.1 Å². The van der Waals surface area contributed by atoms with Crippen molar-refractivity contribution in [3.8, 4) is 0 Å². The summed E-state index contributed by atoms with van der Waals surface area (Å²) in [5.74, 6) is 0. The Morgan fingerprint density at radius 1 is 1.58 bits per heavy atom. The van der Waals surface area contributed by atoms with Gasteiger partial charge in [-0.3, -0.25) is 0 Å². The molecule has 19 heavy (non-hydrogen) atoms. The van der Waals surface area contributed by atoms with Crippen molar-refractivity contribution in [3.05, 3.63) is 12.5 Å². The maximum atomic E-state index is 11.7. The van der Waals surface area contributed by atoms with Crippen LogP contribution in [0.1, 0.15) is 19.3 Å². The third-order valence-corrected chi connectivity index (χ3v) is 4.23. The van der Waals surface area contributed by atoms with Crippen LogP contribution in [-0.2, 0) is 19.5 Å². The zero-order valence-electron chi connectivity index (χ0n) is 10.7. The molecule has 1 aliphatic rings. The number of ether oxygens (including phenoxy) is 2. The summed E-state index contributed by atoms with van der Waals surface area (Å²) in [7, 11) is -3.47. The number of aromatic amines is 1. The molecule has 0 bridgehead atoms. The molecule has 0 amide bonds. The van der Waals surface area contributed by atoms with E-state index in [1.165, 1.54) is 12.5 Å². The van der Waals surface area contributed by atoms with E-state index in [1.54, 1.807) is 0 Å². The van der Waals surface area contributed by atoms with Crippen molar-refractivity contribution in [3.63, 3.8) is 0 Å². The van der Waals surface area contributed by atoms with Gasteiger partial charge in [0.2, 0.25) is 0 Å². The van der Waals surface area contributed by atoms with Crippen molar-refractivity contribution in [2.24, 2.45) is 0 Å². The summed E-state index contributed by atoms with van der Waals surface area (Å²) in [6, 6.07) is 0. The maximum Gasteiger partial charge on any atom is 0.257 e. The first-order valence-electron chi connectivity index (χ1n) is 6.36. The fourth-order valence-electron chi connectivity index (χ4n) is 1.84. The van der Waals surface area contributed by atoms with Crippen LogP contribution in [-0.4, -0.2) is 50.9 Å². The first kappa shape index (κ1) is 14.4. The lowest BCUT2D eigenvalue weighted by molar-refractivity contribution is 0.0169. The molecular weight excluding hydrogens is 270 g/mol. The molecule has 1 unspecified atom stereocenters. The van der Waals surface area contributed by atoms with Crippen LogP contribution in [0.3, 0.4) is 0 Å². The van der Waals surface area contributed by atoms with Crippen LogP contribution in [0.5, 0.6) is 0 Å². The Balaban J connectivity index is 1.56. The molecule has 7 nitrogen and oxygen atoms in total. The van der Waals surface area contributed by atoms with Crippen molar-refractivity contribution in [1.29, 1.82) is 0 Å². The number of sulfonamides is 1. The van der Waals surface area contributed by atoms with Crippen LogP contribution in [0.4, 0.5) is 0 Å². The van der Waals surface area contributed by atoms with Gasteiger partial charge >= 0.3 is 0 Å². The zero-order valence-corrected chi connectivity index (χ0v) is 11.5. The number of imidazole rings is 1. The summed E-state index contributed by atoms with van der Waals surface area (Å²) in [5.41, 5.74) is 0. The molecule has 2 N–H and O–H groups in total. The quantitative estimate of drug-likeness (QED) is 0.670. The highest BCUT2D eigenvalue weighted by atomic mass is 32.2. The largest absolute Gasteiger partial charge is 0.379 e. The average Bonchev–Trinajstić information content (AvgIpc) is 3.05. The van der Waals surface area contributed by atoms with Crippen molar-refractivity contribution in [1.82, 2.24) is 14.7 Å². The predicted octanol–water partition coefficient (Wildman–Crippen LogP) is 0.274. The van der Waals surface area contributed by atoms with E-state index in [4.69, 9.17) is 9.47 Å². The van der Waals surface area contributed by atoms with Crippen molar-refractivity contribution in [2.45, 2.75) is 30.4 Å². The highest BCUT2D eigenvalue weighted by Gasteiger charge is 2.16. The molecule has 0 aromatic carbocycles. The van der Waals surface area contributed by atoms with Gasteiger partial charge in [-0.1, -0.05) is 0 Å². The third kappa shape index (κ3) is 4.57. The Morgan fingerprint density at radius 3 is 3.16 bits per heavy atom. The fourth-order valence-corrected chi connectivity index (χ4v) is 2.82. The van der Waals surface area contributed by atoms with Gasteiger partial charge < -0.3 is 14.5 Å². The summed E-state index contributed by atoms with van der Waals surface area (Å²) >= 11 is 0. The summed E-state index contributed by atoms with van der Waals surface area (Å²) < 4.78 is 36.7. The highest BCUT2D eigenvalue weighted by Crippen LogP contribution is 2.11. The first-order valence-corrected chi connectivity index (χ1v) is 7.84. The molecule has 0 radical (unpaired) electrons. The van der Waals surface area contributed by atoms with E-state index in [0.717, 1.165) is 19.4 Å². The van der Waals surface area contributed by atoms with Crippen LogP contribution < -0.4 is 4.72 Å². The summed E-state index contributed by atoms with van der Waals surface area (Å²) in [5, 5.41) is 0.0766. The minimum Gasteiger partial charge on any atom is -0.379 e. The fraction of sp³-hybridized carbons (Fsp3) is 0.727. The molecule has 2 rings (SSSR count). The summed E-state index contributed by atoms with van der Waals surface area (Å²) in [6.45, 7) is 2.27. The van der Waals surface area contributed by atoms with E-state index >= 15 is 0 Å². The second-order valence-electron chi connectivity index (χ2n) is 4.38. The average molecular weight is 289 g/mol. The number of hydrogen-bond donors (Lipinski definition) is 2. The van der Waals surface area contributed by atoms with Gasteiger partial charge in [0.25, 0.3) is 10.0 Å². The molecule has 1 aromatic rings. The van der Waals surface area contributed by atoms with Crippen molar-refractivity contribution >= 4 is 10.0 Å². The standard InChI is InChI=1S/C11H19N3O4S/c15-19(16,11-7-12-9-13-11)14-4-2-5-17-8-10-3-1-6-18-10/h7,9-10,14H,1-6,8H2,(H,12,13). The Hall–Kier alpha value is -0.960. The second-order valence-corrected chi connectivity index (χ2v) is 6.11. The molecule has 0 spiro atoms. The summed E-state index contributed by atoms with van der Waals surface area (Å²) in [6.07, 6.45) is 5.58. The van der Waals surface area contributed by atoms with Crippen LogP contribution >= 0.6 is 0 Å². The molecule has 1 aliphatic heterocycles. The maximum absolute atomic E-state index is 11.7. The van der Waals surface area contributed by atoms with Crippen LogP contribution in [0.15, 0.2) is 17.6 Å². The molecule has 0 aliphatic carbocycles. The molecule has 2 heterocycles. The topological polar surface area (TPSA) is 93.3 Å². The van der Waals surface area contributed by atoms with Crippen LogP contribution in [0.25, 0.3) is 0 Å². The van der Waals surface area contributed by atoms with E-state index in [9.17, 15) is 8.42 Å². The van der Waals surface area contributed by atoms with Gasteiger partial charge in [-0.05, 0) is 19.3 Å². The van der Waals surface area contributed by atoms with E-state index in [1.807, 2.05) is 0 Å². The van der Waals surface area contributed by atoms with Crippen LogP contribution in [0, 0.1) is 0 Å². The Labute approximate surface area is 112 Å². The van der Waals surface area contributed by atoms with Gasteiger partial charge in [0.15, 0.2) is 5.03 Å². The number of rotatable bonds is 8. The molecular formula is C11H19N3O4S. The lowest BCUT2D eigenvalue weighted by Crippen LogP contribution is -2.26. The molecule has 0 saturated carbocycles. The lowest BCUT2D eigenvalue weighted by atomic mass is 10.2. The van der Waals surface area contributed by atoms with Crippen LogP contribution in [0.2, 0.25) is 0 Å². The number of H-pyrrole nitrogens is 1. The normalized spacial score (nSPS) is 19.9. The molecule has 1 fully saturated rings. The van der Waals surface area contributed by atoms with Gasteiger partial charge in [-0.25, -0.2) is 18.1 Å². The molecule has 1 aromatic heterocycles. The van der Waals surface area contributed by atoms with Gasteiger partial charge in [-0.2, -0.15) is 0 Å². The van der Waals surface area contributed by atoms with Gasteiger partial charge in [0.1, 0.15) is 0 Å². The molecule has 8 heteroatoms. The van der Waals surface area contributed by atoms with E-state index < -0.39 is 10.0 Å². The minimum atomic E-state index is -3.47. The smallest absolute Gasteiger partial charge is 0.257 e. The van der Waals surface area contributed by atoms with Crippen molar-refractivity contribution in [2.75, 3.05) is 26.4 Å². The second kappa shape index (κ2) is 6.99. The number of nitrogens with zero attached hydrogens (tertiary/aromatic N) is 1. The van der Waals surface area contributed by atoms with Gasteiger partial charge in [0.05, 0.1) is 25.2 Å². The van der Waals surface area contributed by atoms with Gasteiger partial charge in [-0.15, -0.1) is 0 Å². The SMILES string of the molecule is O=S(=O)(NCCCOCC1CCCO1)c1cnc[nH]1. The molecule has 108 valence electrons. The Morgan fingerprint density at radius 2 is 2.47 bits per heavy atom. The van der Waals surface area contributed by atoms with Crippen molar-refractivity contribution < 1.29 is 17.9 Å². The summed E-state index contributed by atoms with van der Waals surface area (Å²) in [4.78, 5) is 6.23. The Bertz CT molecular complexity index is 454. The highest BCUT2D eigenvalue weighted by molar-refractivity contribution is 7.89. The molecule has 1 saturated heterocycles. The number of hydrogen-bond acceptors (Lipinski definition) is 5. The van der Waals surface area contributed by atoms with E-state index in [0.29, 0.717) is 26.2 Å². The third-order valence-electron chi connectivity index (χ3n) is 2.85. The zero-order chi connectivity index (χ0) is 13.6. The number of aromatic nitrogens is 2. The lowest BCUT2D eigenvalue weighted by Gasteiger charge is -2.10. The molecule has 1 atom stereocenters. The monoisotopic (exact) mass is 289 g/mol.